The zero-order valence-corrected chi connectivity index (χ0v) is 18.1. The summed E-state index contributed by atoms with van der Waals surface area (Å²) in [5.74, 6) is -0.0541. The number of nitrogens with zero attached hydrogens (tertiary/aromatic N) is 2. The summed E-state index contributed by atoms with van der Waals surface area (Å²) in [4.78, 5) is 14.5. The Kier molecular flexibility index (Phi) is 6.34. The third-order valence-electron chi connectivity index (χ3n) is 5.05. The van der Waals surface area contributed by atoms with E-state index in [4.69, 9.17) is 23.2 Å². The van der Waals surface area contributed by atoms with Gasteiger partial charge in [-0.3, -0.25) is 4.79 Å². The molecule has 0 bridgehead atoms. The first kappa shape index (κ1) is 21.1. The van der Waals surface area contributed by atoms with Crippen molar-refractivity contribution in [2.45, 2.75) is 25.2 Å². The lowest BCUT2D eigenvalue weighted by molar-refractivity contribution is -0.131. The third kappa shape index (κ3) is 4.51. The van der Waals surface area contributed by atoms with E-state index in [0.717, 1.165) is 16.7 Å². The molecule has 0 atom stereocenters. The molecule has 1 aliphatic heterocycles. The number of hydrogen-bond acceptors (Lipinski definition) is 3. The fraction of sp³-hybridized carbons (Fsp3) is 0.350. The van der Waals surface area contributed by atoms with Gasteiger partial charge in [0.1, 0.15) is 0 Å². The number of carbonyl (C=O) groups excluding carboxylic acids is 1. The van der Waals surface area contributed by atoms with Crippen LogP contribution in [0.1, 0.15) is 16.7 Å². The number of aryl methyl sites for hydroxylation is 2. The van der Waals surface area contributed by atoms with Gasteiger partial charge in [0, 0.05) is 26.2 Å². The summed E-state index contributed by atoms with van der Waals surface area (Å²) < 4.78 is 27.2. The minimum atomic E-state index is -3.56. The van der Waals surface area contributed by atoms with Gasteiger partial charge in [-0.05, 0) is 54.8 Å². The van der Waals surface area contributed by atoms with Crippen molar-refractivity contribution in [3.05, 3.63) is 63.1 Å². The molecule has 0 spiro atoms. The molecule has 1 saturated heterocycles. The van der Waals surface area contributed by atoms with Gasteiger partial charge >= 0.3 is 0 Å². The summed E-state index contributed by atoms with van der Waals surface area (Å²) in [6.45, 7) is 5.14. The van der Waals surface area contributed by atoms with E-state index in [1.54, 1.807) is 35.2 Å². The highest BCUT2D eigenvalue weighted by Crippen LogP contribution is 2.24. The highest BCUT2D eigenvalue weighted by Gasteiger charge is 2.30. The van der Waals surface area contributed by atoms with Crippen LogP contribution < -0.4 is 0 Å². The Morgan fingerprint density at radius 1 is 0.929 bits per heavy atom. The van der Waals surface area contributed by atoms with Crippen LogP contribution >= 0.6 is 23.2 Å². The number of sulfonamides is 1. The van der Waals surface area contributed by atoms with E-state index in [9.17, 15) is 13.2 Å². The maximum Gasteiger partial charge on any atom is 0.243 e. The summed E-state index contributed by atoms with van der Waals surface area (Å²) in [6, 6.07) is 10.3. The van der Waals surface area contributed by atoms with E-state index in [-0.39, 0.29) is 25.4 Å². The Morgan fingerprint density at radius 2 is 1.61 bits per heavy atom. The monoisotopic (exact) mass is 440 g/mol. The Bertz CT molecular complexity index is 1000. The summed E-state index contributed by atoms with van der Waals surface area (Å²) in [6.07, 6.45) is 0.209. The standard InChI is InChI=1S/C20H22Cl2N2O3S/c1-14-3-5-17(11-15(14)2)28(26,27)24-9-7-23(8-10-24)20(25)13-16-4-6-18(21)19(22)12-16/h3-6,11-12H,7-10,13H2,1-2H3. The van der Waals surface area contributed by atoms with Crippen LogP contribution in [-0.2, 0) is 21.2 Å². The number of piperazine rings is 1. The van der Waals surface area contributed by atoms with Crippen LogP contribution in [-0.4, -0.2) is 49.7 Å². The highest BCUT2D eigenvalue weighted by atomic mass is 35.5. The normalized spacial score (nSPS) is 15.6. The molecule has 5 nitrogen and oxygen atoms in total. The lowest BCUT2D eigenvalue weighted by Gasteiger charge is -2.34. The number of benzene rings is 2. The topological polar surface area (TPSA) is 57.7 Å². The second-order valence-electron chi connectivity index (χ2n) is 6.96. The first-order valence-electron chi connectivity index (χ1n) is 8.97. The number of hydrogen-bond donors (Lipinski definition) is 0. The van der Waals surface area contributed by atoms with E-state index < -0.39 is 10.0 Å². The fourth-order valence-electron chi connectivity index (χ4n) is 3.14. The quantitative estimate of drug-likeness (QED) is 0.728. The molecule has 0 N–H and O–H groups in total. The van der Waals surface area contributed by atoms with Gasteiger partial charge in [0.2, 0.25) is 15.9 Å². The van der Waals surface area contributed by atoms with Crippen LogP contribution in [0.3, 0.4) is 0 Å². The number of amides is 1. The molecule has 2 aromatic rings. The lowest BCUT2D eigenvalue weighted by Crippen LogP contribution is -2.50. The number of rotatable bonds is 4. The molecule has 1 fully saturated rings. The zero-order chi connectivity index (χ0) is 20.5. The van der Waals surface area contributed by atoms with Crippen molar-refractivity contribution in [2.24, 2.45) is 0 Å². The maximum absolute atomic E-state index is 12.9. The average molecular weight is 441 g/mol. The van der Waals surface area contributed by atoms with Gasteiger partial charge in [0.05, 0.1) is 21.4 Å². The largest absolute Gasteiger partial charge is 0.340 e. The molecule has 1 aliphatic rings. The van der Waals surface area contributed by atoms with E-state index in [1.807, 2.05) is 19.9 Å². The molecule has 1 heterocycles. The van der Waals surface area contributed by atoms with E-state index in [2.05, 4.69) is 0 Å². The van der Waals surface area contributed by atoms with Crippen molar-refractivity contribution in [2.75, 3.05) is 26.2 Å². The van der Waals surface area contributed by atoms with E-state index in [0.29, 0.717) is 28.0 Å². The molecule has 0 radical (unpaired) electrons. The van der Waals surface area contributed by atoms with E-state index >= 15 is 0 Å². The predicted molar refractivity (Wildman–Crippen MR) is 111 cm³/mol. The van der Waals surface area contributed by atoms with Crippen LogP contribution in [0.5, 0.6) is 0 Å². The van der Waals surface area contributed by atoms with Crippen molar-refractivity contribution in [1.82, 2.24) is 9.21 Å². The molecule has 3 rings (SSSR count). The van der Waals surface area contributed by atoms with Crippen molar-refractivity contribution < 1.29 is 13.2 Å². The molecular formula is C20H22Cl2N2O3S. The van der Waals surface area contributed by atoms with Crippen molar-refractivity contribution in [3.8, 4) is 0 Å². The predicted octanol–water partition coefficient (Wildman–Crippen LogP) is 3.69. The molecule has 0 unspecified atom stereocenters. The Morgan fingerprint density at radius 3 is 2.21 bits per heavy atom. The van der Waals surface area contributed by atoms with Crippen LogP contribution in [0.25, 0.3) is 0 Å². The maximum atomic E-state index is 12.9. The zero-order valence-electron chi connectivity index (χ0n) is 15.8. The van der Waals surface area contributed by atoms with Gasteiger partial charge < -0.3 is 4.90 Å². The molecule has 150 valence electrons. The first-order chi connectivity index (χ1) is 13.2. The summed E-state index contributed by atoms with van der Waals surface area (Å²) in [5.41, 5.74) is 2.78. The summed E-state index contributed by atoms with van der Waals surface area (Å²) in [5, 5.41) is 0.860. The minimum absolute atomic E-state index is 0.0541. The Balaban J connectivity index is 1.63. The van der Waals surface area contributed by atoms with Gasteiger partial charge in [-0.2, -0.15) is 4.31 Å². The second-order valence-corrected chi connectivity index (χ2v) is 9.71. The number of halogens is 2. The molecule has 28 heavy (non-hydrogen) atoms. The molecular weight excluding hydrogens is 419 g/mol. The third-order valence-corrected chi connectivity index (χ3v) is 7.68. The Labute approximate surface area is 175 Å². The first-order valence-corrected chi connectivity index (χ1v) is 11.2. The smallest absolute Gasteiger partial charge is 0.243 e. The molecule has 0 aromatic heterocycles. The molecule has 1 amide bonds. The number of carbonyl (C=O) groups is 1. The van der Waals surface area contributed by atoms with Crippen LogP contribution in [0.15, 0.2) is 41.3 Å². The highest BCUT2D eigenvalue weighted by molar-refractivity contribution is 7.89. The van der Waals surface area contributed by atoms with Gasteiger partial charge in [-0.25, -0.2) is 8.42 Å². The average Bonchev–Trinajstić information content (AvgIpc) is 2.67. The van der Waals surface area contributed by atoms with Crippen molar-refractivity contribution in [1.29, 1.82) is 0 Å². The van der Waals surface area contributed by atoms with Gasteiger partial charge in [0.15, 0.2) is 0 Å². The lowest BCUT2D eigenvalue weighted by atomic mass is 10.1. The summed E-state index contributed by atoms with van der Waals surface area (Å²) in [7, 11) is -3.56. The van der Waals surface area contributed by atoms with Crippen LogP contribution in [0.4, 0.5) is 0 Å². The molecule has 0 aliphatic carbocycles. The van der Waals surface area contributed by atoms with Crippen LogP contribution in [0, 0.1) is 13.8 Å². The Hall–Kier alpha value is -1.60. The second kappa shape index (κ2) is 8.41. The SMILES string of the molecule is Cc1ccc(S(=O)(=O)N2CCN(C(=O)Cc3ccc(Cl)c(Cl)c3)CC2)cc1C. The minimum Gasteiger partial charge on any atom is -0.340 e. The van der Waals surface area contributed by atoms with Gasteiger partial charge in [-0.1, -0.05) is 35.3 Å². The van der Waals surface area contributed by atoms with Gasteiger partial charge in [-0.15, -0.1) is 0 Å². The molecule has 8 heteroatoms. The summed E-state index contributed by atoms with van der Waals surface area (Å²) >= 11 is 11.9. The van der Waals surface area contributed by atoms with Crippen LogP contribution in [0.2, 0.25) is 10.0 Å². The fourth-order valence-corrected chi connectivity index (χ4v) is 4.97. The van der Waals surface area contributed by atoms with E-state index in [1.165, 1.54) is 4.31 Å². The molecule has 0 saturated carbocycles. The van der Waals surface area contributed by atoms with Gasteiger partial charge in [0.25, 0.3) is 0 Å². The molecule has 2 aromatic carbocycles. The van der Waals surface area contributed by atoms with Crippen molar-refractivity contribution in [3.63, 3.8) is 0 Å². The van der Waals surface area contributed by atoms with Crippen molar-refractivity contribution >= 4 is 39.1 Å².